The molecule has 1 aromatic carbocycles. The molecule has 5 heteroatoms. The summed E-state index contributed by atoms with van der Waals surface area (Å²) in [6.07, 6.45) is 1.82. The van der Waals surface area contributed by atoms with Crippen LogP contribution < -0.4 is 5.43 Å². The summed E-state index contributed by atoms with van der Waals surface area (Å²) in [5, 5.41) is 9.13. The van der Waals surface area contributed by atoms with Crippen molar-refractivity contribution in [3.63, 3.8) is 0 Å². The molecule has 0 fully saturated rings. The maximum atomic E-state index is 12.6. The van der Waals surface area contributed by atoms with Crippen molar-refractivity contribution < 1.29 is 14.7 Å². The first-order valence-electron chi connectivity index (χ1n) is 7.08. The van der Waals surface area contributed by atoms with Gasteiger partial charge < -0.3 is 9.67 Å². The molecule has 3 rings (SSSR count). The molecule has 2 aromatic rings. The number of ketones is 1. The van der Waals surface area contributed by atoms with E-state index in [1.54, 1.807) is 10.6 Å². The van der Waals surface area contributed by atoms with Gasteiger partial charge in [0, 0.05) is 23.4 Å². The molecule has 5 nitrogen and oxygen atoms in total. The molecule has 1 aromatic heterocycles. The minimum absolute atomic E-state index is 0.0509. The molecular formula is C17H15NO4. The lowest BCUT2D eigenvalue weighted by atomic mass is 9.89. The first-order chi connectivity index (χ1) is 10.4. The Morgan fingerprint density at radius 3 is 2.59 bits per heavy atom. The third-order valence-electron chi connectivity index (χ3n) is 4.05. The average molecular weight is 297 g/mol. The number of carboxylic acid groups (broad SMARTS) is 1. The molecule has 0 spiro atoms. The van der Waals surface area contributed by atoms with Gasteiger partial charge >= 0.3 is 5.97 Å². The van der Waals surface area contributed by atoms with Crippen molar-refractivity contribution in [1.29, 1.82) is 0 Å². The van der Waals surface area contributed by atoms with E-state index in [4.69, 9.17) is 5.11 Å². The second-order valence-electron chi connectivity index (χ2n) is 5.49. The topological polar surface area (TPSA) is 76.4 Å². The summed E-state index contributed by atoms with van der Waals surface area (Å²) in [5.41, 5.74) is 1.98. The number of rotatable bonds is 2. The van der Waals surface area contributed by atoms with E-state index in [9.17, 15) is 14.4 Å². The molecule has 0 aliphatic carbocycles. The first-order valence-corrected chi connectivity index (χ1v) is 7.08. The van der Waals surface area contributed by atoms with Gasteiger partial charge in [-0.1, -0.05) is 24.6 Å². The van der Waals surface area contributed by atoms with E-state index >= 15 is 0 Å². The number of aromatic carboxylic acids is 1. The Balaban J connectivity index is 2.38. The predicted molar refractivity (Wildman–Crippen MR) is 81.5 cm³/mol. The number of aryl methyl sites for hydroxylation is 1. The molecule has 1 unspecified atom stereocenters. The number of hydrogen-bond donors (Lipinski definition) is 1. The van der Waals surface area contributed by atoms with E-state index in [0.717, 1.165) is 5.56 Å². The van der Waals surface area contributed by atoms with Crippen LogP contribution in [0.2, 0.25) is 0 Å². The second-order valence-corrected chi connectivity index (χ2v) is 5.49. The summed E-state index contributed by atoms with van der Waals surface area (Å²) in [5.74, 6) is -1.33. The lowest BCUT2D eigenvalue weighted by molar-refractivity contribution is 0.0692. The summed E-state index contributed by atoms with van der Waals surface area (Å²) in [6.45, 7) is 3.77. The highest BCUT2D eigenvalue weighted by Crippen LogP contribution is 2.35. The zero-order valence-electron chi connectivity index (χ0n) is 12.3. The van der Waals surface area contributed by atoms with Crippen molar-refractivity contribution in [2.45, 2.75) is 26.3 Å². The van der Waals surface area contributed by atoms with Crippen molar-refractivity contribution in [3.8, 4) is 11.3 Å². The quantitative estimate of drug-likeness (QED) is 0.924. The van der Waals surface area contributed by atoms with Crippen LogP contribution in [0.15, 0.2) is 35.3 Å². The van der Waals surface area contributed by atoms with Gasteiger partial charge in [-0.3, -0.25) is 9.59 Å². The summed E-state index contributed by atoms with van der Waals surface area (Å²) in [7, 11) is 0. The number of nitrogens with zero attached hydrogens (tertiary/aromatic N) is 1. The number of carbonyl (C=O) groups is 2. The predicted octanol–water partition coefficient (Wildman–Crippen LogP) is 2.67. The number of hydrogen-bond acceptors (Lipinski definition) is 3. The van der Waals surface area contributed by atoms with Gasteiger partial charge in [-0.05, 0) is 19.4 Å². The lowest BCUT2D eigenvalue weighted by Gasteiger charge is -2.29. The van der Waals surface area contributed by atoms with Crippen molar-refractivity contribution in [1.82, 2.24) is 4.57 Å². The number of carbonyl (C=O) groups excluding carboxylic acids is 1. The number of aromatic nitrogens is 1. The fourth-order valence-corrected chi connectivity index (χ4v) is 2.96. The number of benzene rings is 1. The van der Waals surface area contributed by atoms with Crippen LogP contribution in [-0.2, 0) is 0 Å². The molecule has 0 saturated carbocycles. The van der Waals surface area contributed by atoms with Crippen molar-refractivity contribution in [2.24, 2.45) is 0 Å². The molecule has 2 heterocycles. The molecule has 0 bridgehead atoms. The van der Waals surface area contributed by atoms with Crippen LogP contribution in [0.3, 0.4) is 0 Å². The summed E-state index contributed by atoms with van der Waals surface area (Å²) < 4.78 is 1.62. The van der Waals surface area contributed by atoms with E-state index in [1.807, 2.05) is 26.0 Å². The van der Waals surface area contributed by atoms with Gasteiger partial charge in [0.1, 0.15) is 5.56 Å². The fourth-order valence-electron chi connectivity index (χ4n) is 2.96. The highest BCUT2D eigenvalue weighted by Gasteiger charge is 2.31. The van der Waals surface area contributed by atoms with E-state index in [2.05, 4.69) is 0 Å². The van der Waals surface area contributed by atoms with Gasteiger partial charge in [-0.15, -0.1) is 0 Å². The fraction of sp³-hybridized carbons (Fsp3) is 0.235. The average Bonchev–Trinajstić information content (AvgIpc) is 2.47. The lowest BCUT2D eigenvalue weighted by Crippen LogP contribution is -2.29. The van der Waals surface area contributed by atoms with Gasteiger partial charge in [0.25, 0.3) is 0 Å². The maximum Gasteiger partial charge on any atom is 0.341 e. The first kappa shape index (κ1) is 14.3. The Morgan fingerprint density at radius 1 is 1.23 bits per heavy atom. The van der Waals surface area contributed by atoms with Crippen LogP contribution >= 0.6 is 0 Å². The molecule has 22 heavy (non-hydrogen) atoms. The van der Waals surface area contributed by atoms with Crippen LogP contribution in [0.25, 0.3) is 11.3 Å². The smallest absolute Gasteiger partial charge is 0.341 e. The van der Waals surface area contributed by atoms with Crippen LogP contribution in [0.5, 0.6) is 0 Å². The van der Waals surface area contributed by atoms with E-state index in [0.29, 0.717) is 23.2 Å². The third kappa shape index (κ3) is 1.97. The van der Waals surface area contributed by atoms with E-state index in [-0.39, 0.29) is 11.3 Å². The summed E-state index contributed by atoms with van der Waals surface area (Å²) in [6, 6.07) is 6.32. The standard InChI is InChI=1S/C17H15NO4/c1-3-13-16(20)10-5-4-9(2)6-11(10)14-7-15(19)12(17(21)22)8-18(13)14/h4-8,13H,3H2,1-2H3,(H,21,22). The minimum Gasteiger partial charge on any atom is -0.477 e. The highest BCUT2D eigenvalue weighted by molar-refractivity contribution is 6.07. The number of carboxylic acids is 1. The zero-order valence-corrected chi connectivity index (χ0v) is 12.3. The Kier molecular flexibility index (Phi) is 3.20. The third-order valence-corrected chi connectivity index (χ3v) is 4.05. The van der Waals surface area contributed by atoms with Crippen molar-refractivity contribution in [2.75, 3.05) is 0 Å². The maximum absolute atomic E-state index is 12.6. The SMILES string of the molecule is CCC1C(=O)c2ccc(C)cc2-c2cc(=O)c(C(=O)O)cn21. The Hall–Kier alpha value is -2.69. The van der Waals surface area contributed by atoms with Gasteiger partial charge in [0.2, 0.25) is 0 Å². The Morgan fingerprint density at radius 2 is 1.95 bits per heavy atom. The van der Waals surface area contributed by atoms with Gasteiger partial charge in [0.15, 0.2) is 11.2 Å². The number of pyridine rings is 1. The normalized spacial score (nSPS) is 16.1. The van der Waals surface area contributed by atoms with E-state index < -0.39 is 17.4 Å². The Bertz CT molecular complexity index is 863. The van der Waals surface area contributed by atoms with Crippen LogP contribution in [-0.4, -0.2) is 21.4 Å². The number of Topliss-reactive ketones (excluding diaryl/α,β-unsaturated/α-hetero) is 1. The molecular weight excluding hydrogens is 282 g/mol. The molecule has 1 atom stereocenters. The minimum atomic E-state index is -1.28. The molecule has 0 radical (unpaired) electrons. The number of fused-ring (bicyclic) bond motifs is 3. The van der Waals surface area contributed by atoms with Crippen LogP contribution in [0, 0.1) is 6.92 Å². The molecule has 112 valence electrons. The summed E-state index contributed by atoms with van der Waals surface area (Å²) in [4.78, 5) is 35.9. The zero-order chi connectivity index (χ0) is 16.0. The van der Waals surface area contributed by atoms with Crippen LogP contribution in [0.1, 0.15) is 45.7 Å². The largest absolute Gasteiger partial charge is 0.477 e. The Labute approximate surface area is 126 Å². The highest BCUT2D eigenvalue weighted by atomic mass is 16.4. The van der Waals surface area contributed by atoms with E-state index in [1.165, 1.54) is 12.3 Å². The van der Waals surface area contributed by atoms with Crippen LogP contribution in [0.4, 0.5) is 0 Å². The van der Waals surface area contributed by atoms with Gasteiger partial charge in [-0.25, -0.2) is 4.79 Å². The molecule has 1 N–H and O–H groups in total. The van der Waals surface area contributed by atoms with Crippen molar-refractivity contribution >= 4 is 11.8 Å². The monoisotopic (exact) mass is 297 g/mol. The molecule has 0 saturated heterocycles. The summed E-state index contributed by atoms with van der Waals surface area (Å²) >= 11 is 0. The molecule has 0 amide bonds. The van der Waals surface area contributed by atoms with Crippen molar-refractivity contribution in [3.05, 3.63) is 57.4 Å². The molecule has 1 aliphatic rings. The molecule has 1 aliphatic heterocycles. The van der Waals surface area contributed by atoms with Gasteiger partial charge in [-0.2, -0.15) is 0 Å². The second kappa shape index (κ2) is 4.94. The van der Waals surface area contributed by atoms with Gasteiger partial charge in [0.05, 0.1) is 11.7 Å².